The van der Waals surface area contributed by atoms with E-state index in [1.807, 2.05) is 0 Å². The van der Waals surface area contributed by atoms with Gasteiger partial charge in [-0.05, 0) is 19.1 Å². The Bertz CT molecular complexity index is 580. The Labute approximate surface area is 103 Å². The fraction of sp³-hybridized carbons (Fsp3) is 0.167. The number of nitrogen functional groups attached to an aromatic ring is 1. The maximum absolute atomic E-state index is 13.3. The molecule has 18 heavy (non-hydrogen) atoms. The summed E-state index contributed by atoms with van der Waals surface area (Å²) < 4.78 is 19.5. The average molecular weight is 249 g/mol. The van der Waals surface area contributed by atoms with Crippen LogP contribution >= 0.6 is 0 Å². The number of hydrogen-bond acceptors (Lipinski definition) is 4. The standard InChI is InChI=1S/C12H12FN3O2/c1-2-18-12(17)8-6-15-16(7-8)10-5-3-4-9(13)11(10)14/h3-7H,2,14H2,1H3. The van der Waals surface area contributed by atoms with Crippen molar-refractivity contribution in [2.45, 2.75) is 6.92 Å². The van der Waals surface area contributed by atoms with Crippen LogP contribution in [0.3, 0.4) is 0 Å². The molecule has 0 amide bonds. The predicted molar refractivity (Wildman–Crippen MR) is 63.9 cm³/mol. The molecule has 2 rings (SSSR count). The smallest absolute Gasteiger partial charge is 0.341 e. The van der Waals surface area contributed by atoms with Crippen LogP contribution in [-0.2, 0) is 4.74 Å². The first-order valence-electron chi connectivity index (χ1n) is 5.39. The Morgan fingerprint density at radius 3 is 3.06 bits per heavy atom. The lowest BCUT2D eigenvalue weighted by Crippen LogP contribution is -2.04. The van der Waals surface area contributed by atoms with Crippen LogP contribution < -0.4 is 5.73 Å². The van der Waals surface area contributed by atoms with Gasteiger partial charge >= 0.3 is 5.97 Å². The number of nitrogens with two attached hydrogens (primary N) is 1. The van der Waals surface area contributed by atoms with Crippen LogP contribution in [0.4, 0.5) is 10.1 Å². The number of esters is 1. The molecule has 0 radical (unpaired) electrons. The SMILES string of the molecule is CCOC(=O)c1cnn(-c2cccc(F)c2N)c1. The van der Waals surface area contributed by atoms with Gasteiger partial charge < -0.3 is 10.5 Å². The van der Waals surface area contributed by atoms with Crippen LogP contribution in [0.5, 0.6) is 0 Å². The number of aromatic nitrogens is 2. The Hall–Kier alpha value is -2.37. The molecule has 0 atom stereocenters. The first-order chi connectivity index (χ1) is 8.63. The van der Waals surface area contributed by atoms with Gasteiger partial charge in [-0.15, -0.1) is 0 Å². The number of carbonyl (C=O) groups excluding carboxylic acids is 1. The van der Waals surface area contributed by atoms with E-state index in [2.05, 4.69) is 5.10 Å². The number of ether oxygens (including phenoxy) is 1. The number of rotatable bonds is 3. The van der Waals surface area contributed by atoms with E-state index in [1.165, 1.54) is 29.2 Å². The quantitative estimate of drug-likeness (QED) is 0.664. The average Bonchev–Trinajstić information content (AvgIpc) is 2.82. The molecule has 0 bridgehead atoms. The first-order valence-corrected chi connectivity index (χ1v) is 5.39. The van der Waals surface area contributed by atoms with Gasteiger partial charge in [0.1, 0.15) is 5.82 Å². The molecule has 0 saturated carbocycles. The molecule has 0 aliphatic carbocycles. The molecule has 1 heterocycles. The summed E-state index contributed by atoms with van der Waals surface area (Å²) in [7, 11) is 0. The third-order valence-corrected chi connectivity index (χ3v) is 2.37. The maximum Gasteiger partial charge on any atom is 0.341 e. The second-order valence-electron chi connectivity index (χ2n) is 3.57. The van der Waals surface area contributed by atoms with Crippen molar-refractivity contribution in [3.8, 4) is 5.69 Å². The molecule has 0 aliphatic heterocycles. The van der Waals surface area contributed by atoms with E-state index in [9.17, 15) is 9.18 Å². The van der Waals surface area contributed by atoms with Crippen molar-refractivity contribution in [1.29, 1.82) is 0 Å². The predicted octanol–water partition coefficient (Wildman–Crippen LogP) is 1.77. The Morgan fingerprint density at radius 2 is 2.33 bits per heavy atom. The molecular weight excluding hydrogens is 237 g/mol. The Morgan fingerprint density at radius 1 is 1.56 bits per heavy atom. The van der Waals surface area contributed by atoms with E-state index >= 15 is 0 Å². The van der Waals surface area contributed by atoms with Crippen molar-refractivity contribution >= 4 is 11.7 Å². The zero-order valence-electron chi connectivity index (χ0n) is 9.76. The van der Waals surface area contributed by atoms with Gasteiger partial charge in [-0.3, -0.25) is 0 Å². The lowest BCUT2D eigenvalue weighted by molar-refractivity contribution is 0.0526. The molecule has 94 valence electrons. The molecule has 0 saturated heterocycles. The topological polar surface area (TPSA) is 70.1 Å². The van der Waals surface area contributed by atoms with E-state index in [0.29, 0.717) is 11.3 Å². The largest absolute Gasteiger partial charge is 0.462 e. The summed E-state index contributed by atoms with van der Waals surface area (Å²) >= 11 is 0. The van der Waals surface area contributed by atoms with E-state index in [4.69, 9.17) is 10.5 Å². The molecule has 5 nitrogen and oxygen atoms in total. The first kappa shape index (κ1) is 12.1. The number of hydrogen-bond donors (Lipinski definition) is 1. The maximum atomic E-state index is 13.3. The van der Waals surface area contributed by atoms with Gasteiger partial charge in [0, 0.05) is 6.20 Å². The minimum atomic E-state index is -0.527. The Balaban J connectivity index is 2.35. The van der Waals surface area contributed by atoms with E-state index < -0.39 is 11.8 Å². The van der Waals surface area contributed by atoms with Crippen LogP contribution in [0.15, 0.2) is 30.6 Å². The number of halogens is 1. The third-order valence-electron chi connectivity index (χ3n) is 2.37. The lowest BCUT2D eigenvalue weighted by Gasteiger charge is -2.05. The van der Waals surface area contributed by atoms with Crippen LogP contribution in [0, 0.1) is 5.82 Å². The Kier molecular flexibility index (Phi) is 3.27. The molecule has 0 spiro atoms. The highest BCUT2D eigenvalue weighted by Gasteiger charge is 2.12. The molecule has 0 fully saturated rings. The molecule has 6 heteroatoms. The van der Waals surface area contributed by atoms with E-state index in [1.54, 1.807) is 13.0 Å². The number of para-hydroxylation sites is 1. The number of carbonyl (C=O) groups is 1. The summed E-state index contributed by atoms with van der Waals surface area (Å²) in [5.41, 5.74) is 6.26. The van der Waals surface area contributed by atoms with E-state index in [-0.39, 0.29) is 12.3 Å². The molecule has 0 unspecified atom stereocenters. The van der Waals surface area contributed by atoms with Crippen molar-refractivity contribution in [3.63, 3.8) is 0 Å². The zero-order chi connectivity index (χ0) is 13.1. The fourth-order valence-corrected chi connectivity index (χ4v) is 1.50. The van der Waals surface area contributed by atoms with Crippen molar-refractivity contribution in [2.24, 2.45) is 0 Å². The second kappa shape index (κ2) is 4.87. The summed E-state index contributed by atoms with van der Waals surface area (Å²) in [5.74, 6) is -1.00. The van der Waals surface area contributed by atoms with Gasteiger partial charge in [0.25, 0.3) is 0 Å². The summed E-state index contributed by atoms with van der Waals surface area (Å²) in [6, 6.07) is 4.39. The summed E-state index contributed by atoms with van der Waals surface area (Å²) in [6.07, 6.45) is 2.80. The monoisotopic (exact) mass is 249 g/mol. The summed E-state index contributed by atoms with van der Waals surface area (Å²) in [4.78, 5) is 11.5. The molecular formula is C12H12FN3O2. The van der Waals surface area contributed by atoms with Gasteiger partial charge in [-0.25, -0.2) is 13.9 Å². The van der Waals surface area contributed by atoms with Crippen molar-refractivity contribution in [2.75, 3.05) is 12.3 Å². The highest BCUT2D eigenvalue weighted by Crippen LogP contribution is 2.20. The molecule has 1 aromatic heterocycles. The lowest BCUT2D eigenvalue weighted by atomic mass is 10.2. The van der Waals surface area contributed by atoms with Crippen LogP contribution in [-0.4, -0.2) is 22.4 Å². The molecule has 2 aromatic rings. The normalized spacial score (nSPS) is 10.3. The van der Waals surface area contributed by atoms with Gasteiger partial charge in [-0.1, -0.05) is 6.07 Å². The van der Waals surface area contributed by atoms with Gasteiger partial charge in [0.05, 0.1) is 29.7 Å². The van der Waals surface area contributed by atoms with Crippen molar-refractivity contribution in [1.82, 2.24) is 9.78 Å². The van der Waals surface area contributed by atoms with Gasteiger partial charge in [-0.2, -0.15) is 5.10 Å². The van der Waals surface area contributed by atoms with Crippen molar-refractivity contribution in [3.05, 3.63) is 42.0 Å². The fourth-order valence-electron chi connectivity index (χ4n) is 1.50. The molecule has 2 N–H and O–H groups in total. The van der Waals surface area contributed by atoms with Crippen molar-refractivity contribution < 1.29 is 13.9 Å². The zero-order valence-corrected chi connectivity index (χ0v) is 9.76. The van der Waals surface area contributed by atoms with E-state index in [0.717, 1.165) is 0 Å². The van der Waals surface area contributed by atoms with Gasteiger partial charge in [0.2, 0.25) is 0 Å². The highest BCUT2D eigenvalue weighted by molar-refractivity contribution is 5.88. The third kappa shape index (κ3) is 2.17. The number of anilines is 1. The summed E-state index contributed by atoms with van der Waals surface area (Å²) in [5, 5.41) is 3.96. The number of benzene rings is 1. The molecule has 0 aliphatic rings. The number of nitrogens with zero attached hydrogens (tertiary/aromatic N) is 2. The second-order valence-corrected chi connectivity index (χ2v) is 3.57. The van der Waals surface area contributed by atoms with Crippen LogP contribution in [0.25, 0.3) is 5.69 Å². The minimum Gasteiger partial charge on any atom is -0.462 e. The highest BCUT2D eigenvalue weighted by atomic mass is 19.1. The molecule has 1 aromatic carbocycles. The van der Waals surface area contributed by atoms with Gasteiger partial charge in [0.15, 0.2) is 0 Å². The minimum absolute atomic E-state index is 0.0176. The van der Waals surface area contributed by atoms with Crippen LogP contribution in [0.2, 0.25) is 0 Å². The summed E-state index contributed by atoms with van der Waals surface area (Å²) in [6.45, 7) is 2.00. The van der Waals surface area contributed by atoms with Crippen LogP contribution in [0.1, 0.15) is 17.3 Å².